The maximum atomic E-state index is 12.1. The van der Waals surface area contributed by atoms with Crippen LogP contribution in [0.15, 0.2) is 30.5 Å². The molecule has 3 aromatic rings. The van der Waals surface area contributed by atoms with Crippen molar-refractivity contribution in [1.29, 1.82) is 0 Å². The summed E-state index contributed by atoms with van der Waals surface area (Å²) < 4.78 is 12.9. The van der Waals surface area contributed by atoms with Gasteiger partial charge in [0.05, 0.1) is 12.1 Å². The average molecular weight is 357 g/mol. The fraction of sp³-hybridized carbons (Fsp3) is 0.389. The van der Waals surface area contributed by atoms with Crippen molar-refractivity contribution in [2.24, 2.45) is 0 Å². The number of nitrogens with zero attached hydrogens (tertiary/aromatic N) is 3. The minimum Gasteiger partial charge on any atom is -0.483 e. The number of H-pyrrole nitrogens is 1. The Hall–Kier alpha value is -2.87. The van der Waals surface area contributed by atoms with Crippen LogP contribution in [0.25, 0.3) is 10.9 Å². The summed E-state index contributed by atoms with van der Waals surface area (Å²) in [5.41, 5.74) is 1.04. The minimum atomic E-state index is -0.310. The number of nitrogens with one attached hydrogen (secondary N) is 2. The third-order valence-corrected chi connectivity index (χ3v) is 3.97. The van der Waals surface area contributed by atoms with Gasteiger partial charge in [-0.3, -0.25) is 15.2 Å². The molecule has 0 radical (unpaired) electrons. The number of carbonyl (C=O) groups excluding carboxylic acids is 1. The Morgan fingerprint density at radius 3 is 2.92 bits per heavy atom. The van der Waals surface area contributed by atoms with Crippen LogP contribution in [-0.4, -0.2) is 46.0 Å². The Balaban J connectivity index is 1.63. The number of benzene rings is 1. The second kappa shape index (κ2) is 8.01. The molecule has 0 atom stereocenters. The van der Waals surface area contributed by atoms with Gasteiger partial charge >= 0.3 is 0 Å². The number of ether oxygens (including phenoxy) is 2. The first-order valence-electron chi connectivity index (χ1n) is 8.50. The number of anilines is 1. The maximum Gasteiger partial charge on any atom is 0.264 e. The van der Waals surface area contributed by atoms with Gasteiger partial charge in [-0.15, -0.1) is 5.10 Å². The molecular weight excluding hydrogens is 334 g/mol. The summed E-state index contributed by atoms with van der Waals surface area (Å²) in [4.78, 5) is 16.3. The van der Waals surface area contributed by atoms with Crippen molar-refractivity contribution in [3.05, 3.63) is 36.3 Å². The van der Waals surface area contributed by atoms with Gasteiger partial charge in [0.1, 0.15) is 11.6 Å². The van der Waals surface area contributed by atoms with Crippen molar-refractivity contribution < 1.29 is 14.3 Å². The summed E-state index contributed by atoms with van der Waals surface area (Å²) in [6.45, 7) is 5.26. The molecule has 0 fully saturated rings. The van der Waals surface area contributed by atoms with E-state index in [1.165, 1.54) is 0 Å². The zero-order valence-corrected chi connectivity index (χ0v) is 15.2. The number of amides is 1. The van der Waals surface area contributed by atoms with Gasteiger partial charge in [-0.1, -0.05) is 19.9 Å². The van der Waals surface area contributed by atoms with E-state index < -0.39 is 0 Å². The topological polar surface area (TPSA) is 94.1 Å². The molecule has 0 bridgehead atoms. The molecule has 2 aromatic heterocycles. The summed E-state index contributed by atoms with van der Waals surface area (Å²) in [7, 11) is 1.68. The number of rotatable bonds is 8. The molecule has 8 heteroatoms. The standard InChI is InChI=1S/C18H23N5O3/c1-12(2)17-20-18(22-21-17)19-16(24)11-26-15-6-4-5-14-13(15)7-8-23(14)9-10-25-3/h4-8,12H,9-11H2,1-3H3,(H2,19,20,21,22,24). The van der Waals surface area contributed by atoms with Crippen LogP contribution in [0.4, 0.5) is 5.95 Å². The van der Waals surface area contributed by atoms with Crippen LogP contribution >= 0.6 is 0 Å². The normalized spacial score (nSPS) is 11.2. The number of aromatic amines is 1. The summed E-state index contributed by atoms with van der Waals surface area (Å²) in [6.07, 6.45) is 1.98. The first-order chi connectivity index (χ1) is 12.6. The maximum absolute atomic E-state index is 12.1. The molecule has 3 rings (SSSR count). The van der Waals surface area contributed by atoms with Crippen molar-refractivity contribution in [3.8, 4) is 5.75 Å². The second-order valence-electron chi connectivity index (χ2n) is 6.23. The highest BCUT2D eigenvalue weighted by Crippen LogP contribution is 2.26. The summed E-state index contributed by atoms with van der Waals surface area (Å²) in [6, 6.07) is 7.74. The van der Waals surface area contributed by atoms with E-state index in [0.717, 1.165) is 23.3 Å². The molecule has 0 saturated heterocycles. The van der Waals surface area contributed by atoms with Crippen LogP contribution in [0.3, 0.4) is 0 Å². The van der Waals surface area contributed by atoms with Crippen molar-refractivity contribution in [2.45, 2.75) is 26.3 Å². The Labute approximate surface area is 151 Å². The smallest absolute Gasteiger partial charge is 0.264 e. The number of aromatic nitrogens is 4. The average Bonchev–Trinajstić information content (AvgIpc) is 3.25. The first kappa shape index (κ1) is 17.9. The first-order valence-corrected chi connectivity index (χ1v) is 8.50. The molecule has 26 heavy (non-hydrogen) atoms. The Kier molecular flexibility index (Phi) is 5.52. The Bertz CT molecular complexity index is 884. The van der Waals surface area contributed by atoms with Gasteiger partial charge in [0, 0.05) is 31.2 Å². The van der Waals surface area contributed by atoms with E-state index in [1.54, 1.807) is 7.11 Å². The number of hydrogen-bond donors (Lipinski definition) is 2. The van der Waals surface area contributed by atoms with Crippen LogP contribution in [0.5, 0.6) is 5.75 Å². The van der Waals surface area contributed by atoms with Gasteiger partial charge in [-0.25, -0.2) is 0 Å². The summed E-state index contributed by atoms with van der Waals surface area (Å²) in [5.74, 6) is 1.54. The Morgan fingerprint density at radius 1 is 1.35 bits per heavy atom. The van der Waals surface area contributed by atoms with Gasteiger partial charge in [0.25, 0.3) is 5.91 Å². The largest absolute Gasteiger partial charge is 0.483 e. The van der Waals surface area contributed by atoms with E-state index in [1.807, 2.05) is 44.3 Å². The number of hydrogen-bond acceptors (Lipinski definition) is 5. The quantitative estimate of drug-likeness (QED) is 0.646. The predicted octanol–water partition coefficient (Wildman–Crippen LogP) is 2.55. The van der Waals surface area contributed by atoms with Crippen molar-refractivity contribution in [3.63, 3.8) is 0 Å². The van der Waals surface area contributed by atoms with Gasteiger partial charge in [-0.2, -0.15) is 4.98 Å². The van der Waals surface area contributed by atoms with Crippen LogP contribution in [0, 0.1) is 0 Å². The molecule has 2 N–H and O–H groups in total. The molecule has 0 unspecified atom stereocenters. The van der Waals surface area contributed by atoms with Crippen molar-refractivity contribution in [2.75, 3.05) is 25.6 Å². The molecular formula is C18H23N5O3. The molecule has 138 valence electrons. The lowest BCUT2D eigenvalue weighted by atomic mass is 10.2. The van der Waals surface area contributed by atoms with Crippen molar-refractivity contribution in [1.82, 2.24) is 19.7 Å². The van der Waals surface area contributed by atoms with Gasteiger partial charge in [-0.05, 0) is 18.2 Å². The summed E-state index contributed by atoms with van der Waals surface area (Å²) in [5, 5.41) is 10.4. The van der Waals surface area contributed by atoms with E-state index in [-0.39, 0.29) is 24.4 Å². The Morgan fingerprint density at radius 2 is 2.19 bits per heavy atom. The highest BCUT2D eigenvalue weighted by atomic mass is 16.5. The van der Waals surface area contributed by atoms with Gasteiger partial charge in [0.2, 0.25) is 5.95 Å². The lowest BCUT2D eigenvalue weighted by Crippen LogP contribution is -2.21. The zero-order valence-electron chi connectivity index (χ0n) is 15.2. The van der Waals surface area contributed by atoms with Gasteiger partial charge < -0.3 is 14.0 Å². The number of methoxy groups -OCH3 is 1. The fourth-order valence-electron chi connectivity index (χ4n) is 2.60. The molecule has 1 aromatic carbocycles. The summed E-state index contributed by atoms with van der Waals surface area (Å²) >= 11 is 0. The molecule has 0 aliphatic heterocycles. The van der Waals surface area contributed by atoms with E-state index in [4.69, 9.17) is 9.47 Å². The highest BCUT2D eigenvalue weighted by Gasteiger charge is 2.12. The van der Waals surface area contributed by atoms with Crippen LogP contribution in [-0.2, 0) is 16.1 Å². The molecule has 0 saturated carbocycles. The van der Waals surface area contributed by atoms with Crippen LogP contribution < -0.4 is 10.1 Å². The predicted molar refractivity (Wildman–Crippen MR) is 98.4 cm³/mol. The van der Waals surface area contributed by atoms with E-state index in [0.29, 0.717) is 12.4 Å². The third-order valence-electron chi connectivity index (χ3n) is 3.97. The fourth-order valence-corrected chi connectivity index (χ4v) is 2.60. The zero-order chi connectivity index (χ0) is 18.5. The highest BCUT2D eigenvalue weighted by molar-refractivity contribution is 5.91. The molecule has 0 spiro atoms. The van der Waals surface area contributed by atoms with Crippen LogP contribution in [0.2, 0.25) is 0 Å². The van der Waals surface area contributed by atoms with Crippen molar-refractivity contribution >= 4 is 22.8 Å². The van der Waals surface area contributed by atoms with Gasteiger partial charge in [0.15, 0.2) is 6.61 Å². The van der Waals surface area contributed by atoms with E-state index in [9.17, 15) is 4.79 Å². The van der Waals surface area contributed by atoms with Crippen LogP contribution in [0.1, 0.15) is 25.6 Å². The molecule has 0 aliphatic carbocycles. The lowest BCUT2D eigenvalue weighted by molar-refractivity contribution is -0.118. The molecule has 1 amide bonds. The number of fused-ring (bicyclic) bond motifs is 1. The lowest BCUT2D eigenvalue weighted by Gasteiger charge is -2.08. The monoisotopic (exact) mass is 357 g/mol. The molecule has 8 nitrogen and oxygen atoms in total. The molecule has 0 aliphatic rings. The molecule has 2 heterocycles. The third kappa shape index (κ3) is 4.02. The minimum absolute atomic E-state index is 0.117. The second-order valence-corrected chi connectivity index (χ2v) is 6.23. The van der Waals surface area contributed by atoms with E-state index >= 15 is 0 Å². The van der Waals surface area contributed by atoms with E-state index in [2.05, 4.69) is 25.1 Å². The SMILES string of the molecule is COCCn1ccc2c(OCC(=O)Nc3n[nH]c(C(C)C)n3)cccc21. The number of carbonyl (C=O) groups is 1.